The third-order valence-electron chi connectivity index (χ3n) is 5.57. The zero-order valence-electron chi connectivity index (χ0n) is 18.3. The van der Waals surface area contributed by atoms with E-state index < -0.39 is 0 Å². The number of hydrogen-bond acceptors (Lipinski definition) is 4. The molecule has 1 atom stereocenters. The number of methoxy groups -OCH3 is 1. The summed E-state index contributed by atoms with van der Waals surface area (Å²) in [6.45, 7) is 13.6. The number of nitrogens with zero attached hydrogens (tertiary/aromatic N) is 3. The second kappa shape index (κ2) is 7.92. The maximum Gasteiger partial charge on any atom is 0.135 e. The van der Waals surface area contributed by atoms with Crippen LogP contribution >= 0.6 is 0 Å². The molecule has 5 heteroatoms. The second-order valence-corrected chi connectivity index (χ2v) is 7.97. The maximum absolute atomic E-state index is 5.38. The maximum atomic E-state index is 5.38. The van der Waals surface area contributed by atoms with E-state index in [1.165, 1.54) is 22.2 Å². The van der Waals surface area contributed by atoms with Crippen molar-refractivity contribution in [3.8, 4) is 11.3 Å². The number of aromatic nitrogens is 3. The molecule has 0 saturated heterocycles. The van der Waals surface area contributed by atoms with Gasteiger partial charge in [-0.1, -0.05) is 13.8 Å². The molecule has 3 aromatic rings. The van der Waals surface area contributed by atoms with Gasteiger partial charge >= 0.3 is 0 Å². The molecule has 150 valence electrons. The number of ether oxygens (including phenoxy) is 1. The van der Waals surface area contributed by atoms with Crippen LogP contribution in [0.5, 0.6) is 0 Å². The minimum absolute atomic E-state index is 0.256. The highest BCUT2D eigenvalue weighted by Crippen LogP contribution is 2.35. The van der Waals surface area contributed by atoms with Crippen molar-refractivity contribution in [3.63, 3.8) is 0 Å². The molecule has 0 aliphatic heterocycles. The van der Waals surface area contributed by atoms with E-state index in [2.05, 4.69) is 69.8 Å². The summed E-state index contributed by atoms with van der Waals surface area (Å²) in [5, 5.41) is 3.27. The van der Waals surface area contributed by atoms with E-state index in [1.807, 2.05) is 7.05 Å². The summed E-state index contributed by atoms with van der Waals surface area (Å²) in [6.07, 6.45) is 2.19. The summed E-state index contributed by atoms with van der Waals surface area (Å²) >= 11 is 0. The highest BCUT2D eigenvalue weighted by atomic mass is 16.5. The van der Waals surface area contributed by atoms with Gasteiger partial charge < -0.3 is 14.6 Å². The lowest BCUT2D eigenvalue weighted by Gasteiger charge is -2.18. The summed E-state index contributed by atoms with van der Waals surface area (Å²) < 4.78 is 7.68. The average molecular weight is 381 g/mol. The number of pyridine rings is 2. The second-order valence-electron chi connectivity index (χ2n) is 7.97. The Hall–Kier alpha value is -2.40. The van der Waals surface area contributed by atoms with Crippen LogP contribution in [0.3, 0.4) is 0 Å². The van der Waals surface area contributed by atoms with E-state index in [0.29, 0.717) is 12.5 Å². The Morgan fingerprint density at radius 1 is 1.07 bits per heavy atom. The van der Waals surface area contributed by atoms with Crippen molar-refractivity contribution >= 4 is 16.9 Å². The summed E-state index contributed by atoms with van der Waals surface area (Å²) in [7, 11) is 3.67. The first kappa shape index (κ1) is 20.3. The molecule has 0 saturated carbocycles. The van der Waals surface area contributed by atoms with Gasteiger partial charge in [-0.2, -0.15) is 0 Å². The Kier molecular flexibility index (Phi) is 5.75. The molecule has 3 heterocycles. The predicted octanol–water partition coefficient (Wildman–Crippen LogP) is 5.40. The number of anilines is 1. The Balaban J connectivity index is 2.25. The van der Waals surface area contributed by atoms with E-state index in [0.717, 1.165) is 28.3 Å². The number of fused-ring (bicyclic) bond motifs is 1. The van der Waals surface area contributed by atoms with Crippen LogP contribution < -0.4 is 5.32 Å². The van der Waals surface area contributed by atoms with Gasteiger partial charge in [-0.3, -0.25) is 0 Å². The molecule has 0 amide bonds. The zero-order valence-corrected chi connectivity index (χ0v) is 18.3. The van der Waals surface area contributed by atoms with E-state index in [1.54, 1.807) is 7.11 Å². The van der Waals surface area contributed by atoms with Crippen LogP contribution in [0.2, 0.25) is 0 Å². The van der Waals surface area contributed by atoms with Crippen molar-refractivity contribution in [2.45, 2.75) is 53.5 Å². The van der Waals surface area contributed by atoms with E-state index >= 15 is 0 Å². The molecule has 3 aromatic heterocycles. The van der Waals surface area contributed by atoms with E-state index in [4.69, 9.17) is 14.7 Å². The summed E-state index contributed by atoms with van der Waals surface area (Å²) in [4.78, 5) is 9.94. The molecule has 3 rings (SSSR count). The monoisotopic (exact) mass is 380 g/mol. The minimum atomic E-state index is 0.256. The van der Waals surface area contributed by atoms with Crippen LogP contribution in [0.1, 0.15) is 55.1 Å². The normalized spacial score (nSPS) is 12.8. The summed E-state index contributed by atoms with van der Waals surface area (Å²) in [5.74, 6) is 1.27. The Labute approximate surface area is 168 Å². The lowest BCUT2D eigenvalue weighted by atomic mass is 10.00. The molecule has 28 heavy (non-hydrogen) atoms. The molecule has 0 aromatic carbocycles. The highest BCUT2D eigenvalue weighted by molar-refractivity contribution is 5.89. The lowest BCUT2D eigenvalue weighted by molar-refractivity contribution is 0.164. The van der Waals surface area contributed by atoms with Gasteiger partial charge in [0.25, 0.3) is 0 Å². The van der Waals surface area contributed by atoms with Gasteiger partial charge in [0.15, 0.2) is 0 Å². The number of hydrogen-bond donors (Lipinski definition) is 1. The van der Waals surface area contributed by atoms with Crippen LogP contribution in [0.15, 0.2) is 18.3 Å². The number of rotatable bonds is 6. The van der Waals surface area contributed by atoms with Crippen molar-refractivity contribution in [2.24, 2.45) is 0 Å². The van der Waals surface area contributed by atoms with Gasteiger partial charge in [-0.15, -0.1) is 0 Å². The molecule has 0 aliphatic carbocycles. The van der Waals surface area contributed by atoms with Crippen molar-refractivity contribution < 1.29 is 4.74 Å². The lowest BCUT2D eigenvalue weighted by Crippen LogP contribution is -2.11. The summed E-state index contributed by atoms with van der Waals surface area (Å²) in [6, 6.07) is 4.52. The van der Waals surface area contributed by atoms with Gasteiger partial charge in [0.2, 0.25) is 0 Å². The van der Waals surface area contributed by atoms with Crippen LogP contribution in [-0.4, -0.2) is 35.3 Å². The molecular weight excluding hydrogens is 348 g/mol. The van der Waals surface area contributed by atoms with Crippen LogP contribution in [-0.2, 0) is 4.74 Å². The van der Waals surface area contributed by atoms with Gasteiger partial charge in [0, 0.05) is 31.6 Å². The number of aryl methyl sites for hydroxylation is 2. The fourth-order valence-electron chi connectivity index (χ4n) is 3.82. The van der Waals surface area contributed by atoms with Gasteiger partial charge in [0.1, 0.15) is 5.82 Å². The average Bonchev–Trinajstić information content (AvgIpc) is 3.01. The van der Waals surface area contributed by atoms with Gasteiger partial charge in [-0.05, 0) is 62.4 Å². The molecule has 1 N–H and O–H groups in total. The SMILES string of the molecule is CNc1nc(C(C)C)ccc1-c1nc2c(C)cn([C@@H](C)COC)c2c(C)c1C. The Morgan fingerprint density at radius 2 is 1.79 bits per heavy atom. The van der Waals surface area contributed by atoms with E-state index in [9.17, 15) is 0 Å². The minimum Gasteiger partial charge on any atom is -0.383 e. The van der Waals surface area contributed by atoms with Crippen molar-refractivity contribution in [1.82, 2.24) is 14.5 Å². The molecule has 0 unspecified atom stereocenters. The first-order chi connectivity index (χ1) is 13.3. The quantitative estimate of drug-likeness (QED) is 0.622. The van der Waals surface area contributed by atoms with Crippen molar-refractivity contribution in [1.29, 1.82) is 0 Å². The molecule has 5 nitrogen and oxygen atoms in total. The smallest absolute Gasteiger partial charge is 0.135 e. The molecule has 0 spiro atoms. The fourth-order valence-corrected chi connectivity index (χ4v) is 3.82. The van der Waals surface area contributed by atoms with E-state index in [-0.39, 0.29) is 6.04 Å². The molecule has 0 aliphatic rings. The zero-order chi connectivity index (χ0) is 20.6. The van der Waals surface area contributed by atoms with Gasteiger partial charge in [0.05, 0.1) is 29.4 Å². The number of nitrogens with one attached hydrogen (secondary N) is 1. The first-order valence-corrected chi connectivity index (χ1v) is 9.96. The molecule has 0 fully saturated rings. The van der Waals surface area contributed by atoms with Crippen molar-refractivity contribution in [2.75, 3.05) is 26.1 Å². The van der Waals surface area contributed by atoms with Crippen molar-refractivity contribution in [3.05, 3.63) is 40.7 Å². The largest absolute Gasteiger partial charge is 0.383 e. The third kappa shape index (κ3) is 3.39. The van der Waals surface area contributed by atoms with Crippen LogP contribution in [0.4, 0.5) is 5.82 Å². The standard InChI is InChI=1S/C23H32N4O/c1-13(2)19-10-9-18(23(24-7)25-19)21-16(5)17(6)22-20(26-21)14(3)11-27(22)15(4)12-28-8/h9-11,13,15H,12H2,1-8H3,(H,24,25)/t15-/m0/s1. The van der Waals surface area contributed by atoms with Crippen LogP contribution in [0.25, 0.3) is 22.3 Å². The molecular formula is C23H32N4O. The first-order valence-electron chi connectivity index (χ1n) is 9.96. The fraction of sp³-hybridized carbons (Fsp3) is 0.478. The topological polar surface area (TPSA) is 52.0 Å². The van der Waals surface area contributed by atoms with Gasteiger partial charge in [-0.25, -0.2) is 9.97 Å². The predicted molar refractivity (Wildman–Crippen MR) is 117 cm³/mol. The molecule has 0 radical (unpaired) electrons. The Morgan fingerprint density at radius 3 is 2.39 bits per heavy atom. The third-order valence-corrected chi connectivity index (χ3v) is 5.57. The summed E-state index contributed by atoms with van der Waals surface area (Å²) in [5.41, 5.74) is 9.00. The molecule has 0 bridgehead atoms. The van der Waals surface area contributed by atoms with Crippen LogP contribution in [0, 0.1) is 20.8 Å². The highest BCUT2D eigenvalue weighted by Gasteiger charge is 2.20. The Bertz CT molecular complexity index is 1000.